The van der Waals surface area contributed by atoms with Crippen LogP contribution in [-0.4, -0.2) is 29.1 Å². The Morgan fingerprint density at radius 1 is 1.11 bits per heavy atom. The molecule has 0 aromatic heterocycles. The van der Waals surface area contributed by atoms with Gasteiger partial charge in [0.1, 0.15) is 0 Å². The topological polar surface area (TPSA) is 32.3 Å². The summed E-state index contributed by atoms with van der Waals surface area (Å²) in [5.74, 6) is 1.09. The molecule has 1 spiro atoms. The first-order valence-corrected chi connectivity index (χ1v) is 7.79. The van der Waals surface area contributed by atoms with Gasteiger partial charge < -0.3 is 4.90 Å². The van der Waals surface area contributed by atoms with E-state index in [9.17, 15) is 4.79 Å². The third-order valence-corrected chi connectivity index (χ3v) is 5.43. The first kappa shape index (κ1) is 12.5. The summed E-state index contributed by atoms with van der Waals surface area (Å²) in [6.07, 6.45) is 11.0. The smallest absolute Gasteiger partial charge is 0.244 e. The Labute approximate surface area is 110 Å². The normalized spacial score (nSPS) is 36.3. The highest BCUT2D eigenvalue weighted by molar-refractivity contribution is 5.89. The molecule has 0 aromatic carbocycles. The maximum Gasteiger partial charge on any atom is 0.244 e. The number of amides is 1. The van der Waals surface area contributed by atoms with Crippen molar-refractivity contribution in [1.29, 1.82) is 0 Å². The van der Waals surface area contributed by atoms with Gasteiger partial charge in [-0.25, -0.2) is 0 Å². The highest BCUT2D eigenvalue weighted by atomic mass is 16.2. The first-order valence-electron chi connectivity index (χ1n) is 7.79. The second-order valence-corrected chi connectivity index (χ2v) is 6.58. The number of rotatable bonds is 1. The van der Waals surface area contributed by atoms with Crippen LogP contribution in [0.3, 0.4) is 0 Å². The second kappa shape index (κ2) is 4.84. The minimum absolute atomic E-state index is 0.161. The Morgan fingerprint density at radius 3 is 2.61 bits per heavy atom. The van der Waals surface area contributed by atoms with Gasteiger partial charge in [0.05, 0.1) is 12.2 Å². The molecule has 0 bridgehead atoms. The summed E-state index contributed by atoms with van der Waals surface area (Å²) in [5.41, 5.74) is -0.161. The van der Waals surface area contributed by atoms with Gasteiger partial charge in [-0.15, -0.1) is 0 Å². The molecule has 102 valence electrons. The second-order valence-electron chi connectivity index (χ2n) is 6.58. The summed E-state index contributed by atoms with van der Waals surface area (Å²) in [6.45, 7) is 3.14. The molecule has 1 N–H and O–H groups in total. The lowest BCUT2D eigenvalue weighted by Gasteiger charge is -2.32. The average molecular weight is 250 g/mol. The largest absolute Gasteiger partial charge is 0.325 e. The van der Waals surface area contributed by atoms with Crippen molar-refractivity contribution in [2.45, 2.75) is 76.3 Å². The number of nitrogens with zero attached hydrogens (tertiary/aromatic N) is 1. The minimum atomic E-state index is -0.161. The number of hydrogen-bond acceptors (Lipinski definition) is 2. The van der Waals surface area contributed by atoms with Crippen molar-refractivity contribution in [2.75, 3.05) is 6.67 Å². The van der Waals surface area contributed by atoms with E-state index < -0.39 is 0 Å². The van der Waals surface area contributed by atoms with E-state index in [4.69, 9.17) is 0 Å². The molecular weight excluding hydrogens is 224 g/mol. The molecule has 0 radical (unpaired) electrons. The van der Waals surface area contributed by atoms with Gasteiger partial charge in [-0.3, -0.25) is 10.1 Å². The van der Waals surface area contributed by atoms with E-state index in [0.717, 1.165) is 19.5 Å². The van der Waals surface area contributed by atoms with Crippen LogP contribution in [0.1, 0.15) is 64.7 Å². The first-order chi connectivity index (χ1) is 8.73. The summed E-state index contributed by atoms with van der Waals surface area (Å²) < 4.78 is 0. The molecule has 2 unspecified atom stereocenters. The van der Waals surface area contributed by atoms with E-state index in [1.54, 1.807) is 0 Å². The fourth-order valence-electron chi connectivity index (χ4n) is 4.23. The Morgan fingerprint density at radius 2 is 1.83 bits per heavy atom. The van der Waals surface area contributed by atoms with Crippen LogP contribution in [0, 0.1) is 5.92 Å². The van der Waals surface area contributed by atoms with Gasteiger partial charge in [0.15, 0.2) is 0 Å². The third-order valence-electron chi connectivity index (χ3n) is 5.43. The van der Waals surface area contributed by atoms with Crippen LogP contribution in [-0.2, 0) is 4.79 Å². The monoisotopic (exact) mass is 250 g/mol. The highest BCUT2D eigenvalue weighted by Crippen LogP contribution is 2.37. The lowest BCUT2D eigenvalue weighted by molar-refractivity contribution is -0.135. The van der Waals surface area contributed by atoms with E-state index in [1.807, 2.05) is 0 Å². The van der Waals surface area contributed by atoms with Crippen LogP contribution >= 0.6 is 0 Å². The molecule has 3 rings (SSSR count). The molecule has 1 heterocycles. The Bertz CT molecular complexity index is 322. The van der Waals surface area contributed by atoms with E-state index in [1.165, 1.54) is 44.9 Å². The number of carbonyl (C=O) groups is 1. The van der Waals surface area contributed by atoms with Crippen LogP contribution in [0.25, 0.3) is 0 Å². The molecule has 3 fully saturated rings. The van der Waals surface area contributed by atoms with E-state index in [0.29, 0.717) is 17.9 Å². The zero-order valence-electron chi connectivity index (χ0n) is 11.6. The van der Waals surface area contributed by atoms with Crippen molar-refractivity contribution < 1.29 is 4.79 Å². The summed E-state index contributed by atoms with van der Waals surface area (Å²) in [7, 11) is 0. The molecule has 1 aliphatic heterocycles. The van der Waals surface area contributed by atoms with Gasteiger partial charge >= 0.3 is 0 Å². The fraction of sp³-hybridized carbons (Fsp3) is 0.933. The summed E-state index contributed by atoms with van der Waals surface area (Å²) in [4.78, 5) is 14.9. The van der Waals surface area contributed by atoms with Gasteiger partial charge in [-0.1, -0.05) is 39.0 Å². The molecule has 3 heteroatoms. The zero-order chi connectivity index (χ0) is 12.6. The van der Waals surface area contributed by atoms with Crippen LogP contribution in [0.15, 0.2) is 0 Å². The van der Waals surface area contributed by atoms with Gasteiger partial charge in [0.2, 0.25) is 5.91 Å². The maximum absolute atomic E-state index is 12.8. The predicted molar refractivity (Wildman–Crippen MR) is 72.1 cm³/mol. The molecule has 2 saturated carbocycles. The van der Waals surface area contributed by atoms with Crippen molar-refractivity contribution in [3.63, 3.8) is 0 Å². The summed E-state index contributed by atoms with van der Waals surface area (Å²) in [5, 5.41) is 3.55. The van der Waals surface area contributed by atoms with E-state index in [-0.39, 0.29) is 5.54 Å². The molecule has 2 atom stereocenters. The van der Waals surface area contributed by atoms with Crippen molar-refractivity contribution in [2.24, 2.45) is 5.92 Å². The highest BCUT2D eigenvalue weighted by Gasteiger charge is 2.50. The summed E-state index contributed by atoms with van der Waals surface area (Å²) >= 11 is 0. The Balaban J connectivity index is 1.74. The molecule has 1 amide bonds. The predicted octanol–water partition coefficient (Wildman–Crippen LogP) is 2.66. The van der Waals surface area contributed by atoms with Crippen LogP contribution in [0.4, 0.5) is 0 Å². The van der Waals surface area contributed by atoms with E-state index >= 15 is 0 Å². The van der Waals surface area contributed by atoms with Gasteiger partial charge in [-0.05, 0) is 31.6 Å². The van der Waals surface area contributed by atoms with Crippen LogP contribution < -0.4 is 5.32 Å². The number of carbonyl (C=O) groups excluding carboxylic acids is 1. The quantitative estimate of drug-likeness (QED) is 0.726. The van der Waals surface area contributed by atoms with Crippen molar-refractivity contribution in [1.82, 2.24) is 10.2 Å². The molecule has 1 saturated heterocycles. The minimum Gasteiger partial charge on any atom is -0.325 e. The van der Waals surface area contributed by atoms with E-state index in [2.05, 4.69) is 17.1 Å². The molecule has 0 aromatic rings. The van der Waals surface area contributed by atoms with Gasteiger partial charge in [0.25, 0.3) is 0 Å². The zero-order valence-corrected chi connectivity index (χ0v) is 11.6. The number of nitrogens with one attached hydrogen (secondary N) is 1. The Hall–Kier alpha value is -0.570. The standard InChI is InChI=1S/C15H26N2O/c1-12-7-3-2-4-8-13(12)17-11-16-15(14(17)18)9-5-6-10-15/h12-13,16H,2-11H2,1H3. The lowest BCUT2D eigenvalue weighted by atomic mass is 9.93. The molecule has 3 aliphatic rings. The van der Waals surface area contributed by atoms with Gasteiger partial charge in [0, 0.05) is 6.04 Å². The molecule has 2 aliphatic carbocycles. The fourth-order valence-corrected chi connectivity index (χ4v) is 4.23. The van der Waals surface area contributed by atoms with Crippen molar-refractivity contribution >= 4 is 5.91 Å². The average Bonchev–Trinajstić information content (AvgIpc) is 2.89. The van der Waals surface area contributed by atoms with Crippen molar-refractivity contribution in [3.05, 3.63) is 0 Å². The molecular formula is C15H26N2O. The van der Waals surface area contributed by atoms with Crippen LogP contribution in [0.5, 0.6) is 0 Å². The SMILES string of the molecule is CC1CCCCCC1N1CNC2(CCCC2)C1=O. The number of hydrogen-bond donors (Lipinski definition) is 1. The third kappa shape index (κ3) is 1.97. The van der Waals surface area contributed by atoms with Crippen molar-refractivity contribution in [3.8, 4) is 0 Å². The lowest BCUT2D eigenvalue weighted by Crippen LogP contribution is -2.46. The summed E-state index contributed by atoms with van der Waals surface area (Å²) in [6, 6.07) is 0.493. The maximum atomic E-state index is 12.8. The molecule has 18 heavy (non-hydrogen) atoms. The Kier molecular flexibility index (Phi) is 3.35. The van der Waals surface area contributed by atoms with Gasteiger partial charge in [-0.2, -0.15) is 0 Å². The molecule has 3 nitrogen and oxygen atoms in total. The van der Waals surface area contributed by atoms with Crippen LogP contribution in [0.2, 0.25) is 0 Å².